The van der Waals surface area contributed by atoms with Crippen LogP contribution >= 0.6 is 15.9 Å². The molecule has 144 valence electrons. The van der Waals surface area contributed by atoms with Gasteiger partial charge < -0.3 is 14.8 Å². The van der Waals surface area contributed by atoms with Gasteiger partial charge in [0, 0.05) is 16.9 Å². The van der Waals surface area contributed by atoms with Crippen LogP contribution in [0.5, 0.6) is 5.75 Å². The van der Waals surface area contributed by atoms with Gasteiger partial charge in [0.05, 0.1) is 13.7 Å². The van der Waals surface area contributed by atoms with Gasteiger partial charge in [0.25, 0.3) is 5.91 Å². The molecule has 3 aromatic rings. The molecule has 0 aliphatic carbocycles. The zero-order valence-electron chi connectivity index (χ0n) is 14.9. The number of esters is 1. The third-order valence-corrected chi connectivity index (χ3v) is 4.24. The highest BCUT2D eigenvalue weighted by Gasteiger charge is 2.23. The van der Waals surface area contributed by atoms with E-state index >= 15 is 0 Å². The first-order chi connectivity index (χ1) is 13.6. The molecule has 0 aliphatic heterocycles. The lowest BCUT2D eigenvalue weighted by atomic mass is 10.3. The van der Waals surface area contributed by atoms with Gasteiger partial charge >= 0.3 is 5.97 Å². The fraction of sp³-hybridized carbons (Fsp3) is 0.158. The number of hydrogen-bond acceptors (Lipinski definition) is 6. The van der Waals surface area contributed by atoms with Crippen molar-refractivity contribution in [2.75, 3.05) is 13.7 Å². The molecule has 0 fully saturated rings. The Labute approximate surface area is 169 Å². The Morgan fingerprint density at radius 3 is 2.64 bits per heavy atom. The van der Waals surface area contributed by atoms with Crippen molar-refractivity contribution >= 4 is 27.8 Å². The van der Waals surface area contributed by atoms with Crippen molar-refractivity contribution in [2.24, 2.45) is 0 Å². The first-order valence-corrected chi connectivity index (χ1v) is 9.11. The Bertz CT molecular complexity index is 945. The number of methoxy groups -OCH3 is 1. The molecule has 1 N–H and O–H groups in total. The van der Waals surface area contributed by atoms with Crippen LogP contribution in [-0.2, 0) is 9.53 Å². The molecule has 1 aromatic carbocycles. The van der Waals surface area contributed by atoms with Gasteiger partial charge in [-0.1, -0.05) is 22.0 Å². The molecule has 1 atom stereocenters. The summed E-state index contributed by atoms with van der Waals surface area (Å²) in [4.78, 5) is 28.7. The van der Waals surface area contributed by atoms with Gasteiger partial charge in [-0.05, 0) is 42.5 Å². The Morgan fingerprint density at radius 1 is 1.18 bits per heavy atom. The Balaban J connectivity index is 1.67. The average molecular weight is 445 g/mol. The molecular weight excluding hydrogens is 428 g/mol. The summed E-state index contributed by atoms with van der Waals surface area (Å²) in [6.07, 6.45) is 2.35. The monoisotopic (exact) mass is 444 g/mol. The number of rotatable bonds is 7. The van der Waals surface area contributed by atoms with Crippen LogP contribution in [0, 0.1) is 0 Å². The van der Waals surface area contributed by atoms with Crippen molar-refractivity contribution in [3.05, 3.63) is 71.1 Å². The molecular formula is C19H17BrN4O4. The smallest absolute Gasteiger partial charge is 0.348 e. The minimum absolute atomic E-state index is 0.0742. The van der Waals surface area contributed by atoms with Crippen molar-refractivity contribution in [3.8, 4) is 11.6 Å². The van der Waals surface area contributed by atoms with E-state index < -0.39 is 18.0 Å². The third kappa shape index (κ3) is 4.95. The predicted octanol–water partition coefficient (Wildman–Crippen LogP) is 2.38. The van der Waals surface area contributed by atoms with E-state index in [1.54, 1.807) is 65.6 Å². The maximum atomic E-state index is 12.5. The lowest BCUT2D eigenvalue weighted by Crippen LogP contribution is -2.41. The number of ether oxygens (including phenoxy) is 2. The highest BCUT2D eigenvalue weighted by atomic mass is 79.9. The number of hydrogen-bond donors (Lipinski definition) is 1. The SMILES string of the molecule is COC(=O)[C@@H](CNC(=O)c1cccc(-n2cccn2)n1)Oc1ccc(Br)cc1. The second-order valence-electron chi connectivity index (χ2n) is 5.63. The van der Waals surface area contributed by atoms with Crippen molar-refractivity contribution in [1.82, 2.24) is 20.1 Å². The topological polar surface area (TPSA) is 95.3 Å². The van der Waals surface area contributed by atoms with Crippen LogP contribution < -0.4 is 10.1 Å². The third-order valence-electron chi connectivity index (χ3n) is 3.71. The number of aromatic nitrogens is 3. The van der Waals surface area contributed by atoms with Crippen LogP contribution in [-0.4, -0.2) is 46.4 Å². The van der Waals surface area contributed by atoms with Gasteiger partial charge in [-0.3, -0.25) is 4.79 Å². The Morgan fingerprint density at radius 2 is 1.96 bits per heavy atom. The number of carbonyl (C=O) groups is 2. The summed E-state index contributed by atoms with van der Waals surface area (Å²) in [7, 11) is 1.26. The van der Waals surface area contributed by atoms with Crippen molar-refractivity contribution in [2.45, 2.75) is 6.10 Å². The van der Waals surface area contributed by atoms with Crippen LogP contribution in [0.3, 0.4) is 0 Å². The summed E-state index contributed by atoms with van der Waals surface area (Å²) in [5, 5.41) is 6.74. The number of pyridine rings is 1. The zero-order valence-corrected chi connectivity index (χ0v) is 16.5. The molecule has 0 radical (unpaired) electrons. The van der Waals surface area contributed by atoms with Crippen molar-refractivity contribution < 1.29 is 19.1 Å². The molecule has 0 saturated heterocycles. The molecule has 2 heterocycles. The number of benzene rings is 1. The maximum absolute atomic E-state index is 12.5. The van der Waals surface area contributed by atoms with E-state index in [9.17, 15) is 9.59 Å². The van der Waals surface area contributed by atoms with Crippen LogP contribution in [0.2, 0.25) is 0 Å². The first-order valence-electron chi connectivity index (χ1n) is 8.32. The summed E-state index contributed by atoms with van der Waals surface area (Å²) in [5.74, 6) is -0.0521. The molecule has 0 spiro atoms. The fourth-order valence-electron chi connectivity index (χ4n) is 2.34. The molecule has 0 saturated carbocycles. The minimum Gasteiger partial charge on any atom is -0.477 e. The summed E-state index contributed by atoms with van der Waals surface area (Å²) in [6, 6.07) is 13.8. The lowest BCUT2D eigenvalue weighted by molar-refractivity contribution is -0.148. The normalized spacial score (nSPS) is 11.5. The molecule has 0 bridgehead atoms. The van der Waals surface area contributed by atoms with E-state index in [2.05, 4.69) is 31.3 Å². The zero-order chi connectivity index (χ0) is 19.9. The van der Waals surface area contributed by atoms with E-state index in [0.29, 0.717) is 11.6 Å². The number of nitrogens with zero attached hydrogens (tertiary/aromatic N) is 3. The molecule has 3 rings (SSSR count). The van der Waals surface area contributed by atoms with E-state index in [4.69, 9.17) is 9.47 Å². The summed E-state index contributed by atoms with van der Waals surface area (Å²) >= 11 is 3.33. The van der Waals surface area contributed by atoms with Crippen LogP contribution in [0.25, 0.3) is 5.82 Å². The van der Waals surface area contributed by atoms with Gasteiger partial charge in [0.2, 0.25) is 6.10 Å². The number of carbonyl (C=O) groups excluding carboxylic acids is 2. The molecule has 0 aliphatic rings. The average Bonchev–Trinajstić information content (AvgIpc) is 3.26. The van der Waals surface area contributed by atoms with Gasteiger partial charge in [-0.25, -0.2) is 14.5 Å². The van der Waals surface area contributed by atoms with Crippen LogP contribution in [0.4, 0.5) is 0 Å². The molecule has 2 aromatic heterocycles. The van der Waals surface area contributed by atoms with E-state index in [0.717, 1.165) is 4.47 Å². The summed E-state index contributed by atoms with van der Waals surface area (Å²) < 4.78 is 12.8. The van der Waals surface area contributed by atoms with Crippen LogP contribution in [0.1, 0.15) is 10.5 Å². The lowest BCUT2D eigenvalue weighted by Gasteiger charge is -2.17. The van der Waals surface area contributed by atoms with Gasteiger partial charge in [0.1, 0.15) is 11.4 Å². The van der Waals surface area contributed by atoms with Gasteiger partial charge in [-0.15, -0.1) is 0 Å². The summed E-state index contributed by atoms with van der Waals surface area (Å²) in [6.45, 7) is -0.0742. The van der Waals surface area contributed by atoms with E-state index in [1.165, 1.54) is 7.11 Å². The highest BCUT2D eigenvalue weighted by molar-refractivity contribution is 9.10. The Kier molecular flexibility index (Phi) is 6.38. The second-order valence-corrected chi connectivity index (χ2v) is 6.54. The van der Waals surface area contributed by atoms with Crippen molar-refractivity contribution in [1.29, 1.82) is 0 Å². The molecule has 0 unspecified atom stereocenters. The van der Waals surface area contributed by atoms with Crippen molar-refractivity contribution in [3.63, 3.8) is 0 Å². The molecule has 28 heavy (non-hydrogen) atoms. The second kappa shape index (κ2) is 9.14. The Hall–Kier alpha value is -3.20. The van der Waals surface area contributed by atoms with Gasteiger partial charge in [-0.2, -0.15) is 5.10 Å². The van der Waals surface area contributed by atoms with E-state index in [-0.39, 0.29) is 12.2 Å². The van der Waals surface area contributed by atoms with Gasteiger partial charge in [0.15, 0.2) is 5.82 Å². The molecule has 8 nitrogen and oxygen atoms in total. The standard InChI is InChI=1S/C19H17BrN4O4/c1-27-19(26)16(28-14-8-6-13(20)7-9-14)12-21-18(25)15-4-2-5-17(23-15)24-11-3-10-22-24/h2-11,16H,12H2,1H3,(H,21,25)/t16-/m1/s1. The summed E-state index contributed by atoms with van der Waals surface area (Å²) in [5.41, 5.74) is 0.195. The quantitative estimate of drug-likeness (QED) is 0.562. The van der Waals surface area contributed by atoms with E-state index in [1.807, 2.05) is 0 Å². The first kappa shape index (κ1) is 19.6. The maximum Gasteiger partial charge on any atom is 0.348 e. The number of nitrogens with one attached hydrogen (secondary N) is 1. The fourth-order valence-corrected chi connectivity index (χ4v) is 2.60. The molecule has 9 heteroatoms. The van der Waals surface area contributed by atoms with Crippen LogP contribution in [0.15, 0.2) is 65.4 Å². The highest BCUT2D eigenvalue weighted by Crippen LogP contribution is 2.17. The number of halogens is 1. The predicted molar refractivity (Wildman–Crippen MR) is 104 cm³/mol. The minimum atomic E-state index is -0.996. The largest absolute Gasteiger partial charge is 0.477 e. The molecule has 1 amide bonds. The number of amides is 1.